The molecule has 3 N–H and O–H groups in total. The number of oxime groups is 1. The average Bonchev–Trinajstić information content (AvgIpc) is 2.83. The van der Waals surface area contributed by atoms with Crippen molar-refractivity contribution in [1.29, 1.82) is 0 Å². The first-order valence-corrected chi connectivity index (χ1v) is 7.69. The van der Waals surface area contributed by atoms with Gasteiger partial charge >= 0.3 is 0 Å². The van der Waals surface area contributed by atoms with Crippen molar-refractivity contribution in [2.24, 2.45) is 5.16 Å². The van der Waals surface area contributed by atoms with Gasteiger partial charge in [-0.15, -0.1) is 0 Å². The Morgan fingerprint density at radius 1 is 1.43 bits per heavy atom. The summed E-state index contributed by atoms with van der Waals surface area (Å²) in [5, 5.41) is 17.6. The Morgan fingerprint density at radius 3 is 2.76 bits per heavy atom. The summed E-state index contributed by atoms with van der Waals surface area (Å²) >= 11 is 1.80. The van der Waals surface area contributed by atoms with Crippen molar-refractivity contribution >= 4 is 18.0 Å². The second-order valence-corrected chi connectivity index (χ2v) is 5.75. The molecule has 0 aliphatic carbocycles. The molecule has 6 nitrogen and oxygen atoms in total. The summed E-state index contributed by atoms with van der Waals surface area (Å²) in [5.74, 6) is 3.83. The molecular formula is C13H24FeN4O2S. The van der Waals surface area contributed by atoms with Crippen molar-refractivity contribution in [3.63, 3.8) is 0 Å². The van der Waals surface area contributed by atoms with E-state index < -0.39 is 0 Å². The van der Waals surface area contributed by atoms with Gasteiger partial charge in [0.25, 0.3) is 0 Å². The molecule has 0 aromatic carbocycles. The number of thioether (sulfide) groups is 1. The summed E-state index contributed by atoms with van der Waals surface area (Å²) < 4.78 is 5.73. The summed E-state index contributed by atoms with van der Waals surface area (Å²) in [5.41, 5.74) is 0. The fourth-order valence-corrected chi connectivity index (χ4v) is 2.41. The molecule has 1 aromatic rings. The molecule has 21 heavy (non-hydrogen) atoms. The van der Waals surface area contributed by atoms with Gasteiger partial charge in [0.15, 0.2) is 0 Å². The minimum absolute atomic E-state index is 0. The molecule has 1 unspecified atom stereocenters. The first-order valence-electron chi connectivity index (χ1n) is 6.54. The van der Waals surface area contributed by atoms with Crippen LogP contribution in [0.1, 0.15) is 11.5 Å². The molecule has 0 radical (unpaired) electrons. The van der Waals surface area contributed by atoms with Gasteiger partial charge in [-0.2, -0.15) is 11.8 Å². The zero-order valence-corrected chi connectivity index (χ0v) is 14.6. The molecule has 1 heterocycles. The Labute approximate surface area is 141 Å². The summed E-state index contributed by atoms with van der Waals surface area (Å²) in [6.07, 6.45) is 1.32. The van der Waals surface area contributed by atoms with Crippen molar-refractivity contribution in [1.82, 2.24) is 15.5 Å². The van der Waals surface area contributed by atoms with Gasteiger partial charge in [-0.3, -0.25) is 5.32 Å². The van der Waals surface area contributed by atoms with E-state index in [1.807, 2.05) is 33.3 Å². The van der Waals surface area contributed by atoms with Gasteiger partial charge in [0.05, 0.1) is 24.7 Å². The fourth-order valence-electron chi connectivity index (χ4n) is 1.65. The molecule has 0 fully saturated rings. The third-order valence-electron chi connectivity index (χ3n) is 2.57. The zero-order chi connectivity index (χ0) is 14.8. The molecule has 0 saturated heterocycles. The molecule has 8 heteroatoms. The van der Waals surface area contributed by atoms with E-state index in [4.69, 9.17) is 9.62 Å². The molecule has 0 spiro atoms. The molecule has 0 saturated carbocycles. The Bertz CT molecular complexity index is 401. The van der Waals surface area contributed by atoms with Crippen LogP contribution in [0.4, 0.5) is 0 Å². The molecule has 0 aliphatic rings. The molecule has 1 aromatic heterocycles. The van der Waals surface area contributed by atoms with Crippen molar-refractivity contribution in [3.05, 3.63) is 23.7 Å². The minimum atomic E-state index is -0.101. The van der Waals surface area contributed by atoms with Gasteiger partial charge in [-0.25, -0.2) is 0 Å². The van der Waals surface area contributed by atoms with Gasteiger partial charge in [-0.05, 0) is 33.3 Å². The fraction of sp³-hybridized carbons (Fsp3) is 0.615. The predicted molar refractivity (Wildman–Crippen MR) is 83.4 cm³/mol. The Morgan fingerprint density at radius 2 is 2.14 bits per heavy atom. The number of nitrogens with one attached hydrogen (secondary N) is 2. The van der Waals surface area contributed by atoms with Crippen LogP contribution in [-0.2, 0) is 29.4 Å². The van der Waals surface area contributed by atoms with Crippen molar-refractivity contribution in [2.75, 3.05) is 33.4 Å². The van der Waals surface area contributed by atoms with E-state index in [2.05, 4.69) is 20.7 Å². The van der Waals surface area contributed by atoms with Crippen LogP contribution in [0.15, 0.2) is 21.7 Å². The van der Waals surface area contributed by atoms with Crippen LogP contribution >= 0.6 is 11.8 Å². The van der Waals surface area contributed by atoms with Crippen LogP contribution in [0.3, 0.4) is 0 Å². The average molecular weight is 356 g/mol. The zero-order valence-electron chi connectivity index (χ0n) is 12.6. The van der Waals surface area contributed by atoms with E-state index in [-0.39, 0.29) is 23.2 Å². The van der Waals surface area contributed by atoms with Crippen molar-refractivity contribution in [2.45, 2.75) is 18.5 Å². The van der Waals surface area contributed by atoms with Crippen LogP contribution < -0.4 is 10.6 Å². The Hall–Kier alpha value is -0.501. The number of rotatable bonds is 10. The summed E-state index contributed by atoms with van der Waals surface area (Å²) in [6, 6.07) is 4.07. The maximum atomic E-state index is 8.45. The largest absolute Gasteiger partial charge is 0.464 e. The van der Waals surface area contributed by atoms with E-state index in [1.54, 1.807) is 11.8 Å². The van der Waals surface area contributed by atoms with Crippen LogP contribution in [0, 0.1) is 0 Å². The molecule has 0 amide bonds. The smallest absolute Gasteiger partial charge is 0.118 e. The minimum Gasteiger partial charge on any atom is -0.464 e. The van der Waals surface area contributed by atoms with Crippen LogP contribution in [0.2, 0.25) is 0 Å². The monoisotopic (exact) mass is 356 g/mol. The van der Waals surface area contributed by atoms with Crippen LogP contribution in [0.5, 0.6) is 0 Å². The van der Waals surface area contributed by atoms with Gasteiger partial charge in [-0.1, -0.05) is 5.16 Å². The van der Waals surface area contributed by atoms with Gasteiger partial charge < -0.3 is 19.8 Å². The quantitative estimate of drug-likeness (QED) is 0.146. The molecule has 1 rings (SSSR count). The standard InChI is InChI=1S/C13H24N4O2S.Fe/c1-14-13(8-16-18)15-6-7-20-10-12-5-4-11(19-12)9-17(2)3;/h4-5,8,13-15,18H,6-7,9-10H2,1-3H3;/b16-8+;. The third kappa shape index (κ3) is 9.18. The molecular weight excluding hydrogens is 332 g/mol. The number of hydrogen-bond acceptors (Lipinski definition) is 7. The third-order valence-corrected chi connectivity index (χ3v) is 3.55. The first-order chi connectivity index (χ1) is 9.65. The van der Waals surface area contributed by atoms with Crippen LogP contribution in [-0.4, -0.2) is 55.9 Å². The number of furan rings is 1. The van der Waals surface area contributed by atoms with E-state index >= 15 is 0 Å². The normalized spacial score (nSPS) is 12.8. The summed E-state index contributed by atoms with van der Waals surface area (Å²) in [7, 11) is 5.86. The van der Waals surface area contributed by atoms with Gasteiger partial charge in [0.2, 0.25) is 0 Å². The second kappa shape index (κ2) is 12.1. The Kier molecular flexibility index (Phi) is 11.8. The summed E-state index contributed by atoms with van der Waals surface area (Å²) in [6.45, 7) is 1.66. The van der Waals surface area contributed by atoms with Crippen molar-refractivity contribution < 1.29 is 26.7 Å². The first kappa shape index (κ1) is 20.5. The summed E-state index contributed by atoms with van der Waals surface area (Å²) in [4.78, 5) is 2.08. The Balaban J connectivity index is 0.00000400. The van der Waals surface area contributed by atoms with Crippen LogP contribution in [0.25, 0.3) is 0 Å². The van der Waals surface area contributed by atoms with Crippen molar-refractivity contribution in [3.8, 4) is 0 Å². The molecule has 122 valence electrons. The van der Waals surface area contributed by atoms with E-state index in [9.17, 15) is 0 Å². The maximum absolute atomic E-state index is 8.45. The maximum Gasteiger partial charge on any atom is 0.118 e. The van der Waals surface area contributed by atoms with Gasteiger partial charge in [0, 0.05) is 29.4 Å². The SMILES string of the molecule is CNC(/C=N/O)NCCSCc1ccc(CN(C)C)o1.[Fe]. The number of hydrogen-bond donors (Lipinski definition) is 3. The predicted octanol–water partition coefficient (Wildman–Crippen LogP) is 1.17. The van der Waals surface area contributed by atoms with E-state index in [0.29, 0.717) is 0 Å². The van der Waals surface area contributed by atoms with E-state index in [0.717, 1.165) is 36.1 Å². The molecule has 0 bridgehead atoms. The molecule has 0 aliphatic heterocycles. The molecule has 1 atom stereocenters. The number of nitrogens with zero attached hydrogens (tertiary/aromatic N) is 2. The topological polar surface area (TPSA) is 73.0 Å². The van der Waals surface area contributed by atoms with E-state index in [1.165, 1.54) is 6.21 Å². The second-order valence-electron chi connectivity index (χ2n) is 4.64. The van der Waals surface area contributed by atoms with Gasteiger partial charge in [0.1, 0.15) is 11.5 Å².